The van der Waals surface area contributed by atoms with Crippen molar-refractivity contribution in [2.24, 2.45) is 0 Å². The van der Waals surface area contributed by atoms with Gasteiger partial charge in [0.15, 0.2) is 0 Å². The van der Waals surface area contributed by atoms with Crippen molar-refractivity contribution in [3.05, 3.63) is 65.2 Å². The van der Waals surface area contributed by atoms with Crippen molar-refractivity contribution >= 4 is 17.6 Å². The first-order valence-electron chi connectivity index (χ1n) is 7.82. The van der Waals surface area contributed by atoms with Crippen molar-refractivity contribution < 1.29 is 9.59 Å². The van der Waals surface area contributed by atoms with E-state index in [9.17, 15) is 9.59 Å². The minimum atomic E-state index is -0.425. The number of urea groups is 1. The minimum Gasteiger partial charge on any atom is -0.340 e. The number of nitrogens with one attached hydrogen (secondary N) is 2. The third-order valence-corrected chi connectivity index (χ3v) is 3.60. The van der Waals surface area contributed by atoms with Crippen LogP contribution < -0.4 is 10.6 Å². The third-order valence-electron chi connectivity index (χ3n) is 3.60. The summed E-state index contributed by atoms with van der Waals surface area (Å²) in [6.07, 6.45) is 0. The van der Waals surface area contributed by atoms with Crippen LogP contribution in [0, 0.1) is 18.3 Å². The summed E-state index contributed by atoms with van der Waals surface area (Å²) in [5, 5.41) is 14.0. The van der Waals surface area contributed by atoms with Gasteiger partial charge >= 0.3 is 6.03 Å². The number of benzene rings is 2. The largest absolute Gasteiger partial charge is 0.340 e. The fourth-order valence-corrected chi connectivity index (χ4v) is 2.24. The van der Waals surface area contributed by atoms with E-state index in [-0.39, 0.29) is 12.5 Å². The molecule has 2 N–H and O–H groups in total. The number of amides is 3. The van der Waals surface area contributed by atoms with Crippen LogP contribution in [0.15, 0.2) is 48.5 Å². The highest BCUT2D eigenvalue weighted by atomic mass is 16.2. The molecule has 0 fully saturated rings. The Kier molecular flexibility index (Phi) is 6.13. The van der Waals surface area contributed by atoms with E-state index in [0.717, 1.165) is 11.1 Å². The van der Waals surface area contributed by atoms with E-state index in [2.05, 4.69) is 16.7 Å². The van der Waals surface area contributed by atoms with Gasteiger partial charge in [-0.15, -0.1) is 0 Å². The maximum absolute atomic E-state index is 12.1. The summed E-state index contributed by atoms with van der Waals surface area (Å²) in [5.41, 5.74) is 3.21. The van der Waals surface area contributed by atoms with Gasteiger partial charge in [0, 0.05) is 19.3 Å². The van der Waals surface area contributed by atoms with E-state index in [1.54, 1.807) is 37.4 Å². The number of rotatable bonds is 5. The van der Waals surface area contributed by atoms with Crippen molar-refractivity contribution in [2.45, 2.75) is 13.5 Å². The predicted molar refractivity (Wildman–Crippen MR) is 95.8 cm³/mol. The molecular weight excluding hydrogens is 316 g/mol. The molecule has 0 saturated heterocycles. The number of aryl methyl sites for hydroxylation is 1. The number of nitrogens with zero attached hydrogens (tertiary/aromatic N) is 2. The SMILES string of the molecule is Cc1cccc(NC(=O)NCC(=O)N(C)Cc2ccc(C#N)cc2)c1. The van der Waals surface area contributed by atoms with E-state index in [1.165, 1.54) is 4.90 Å². The molecular formula is C19H20N4O2. The van der Waals surface area contributed by atoms with Crippen LogP contribution in [0.25, 0.3) is 0 Å². The molecule has 0 saturated carbocycles. The summed E-state index contributed by atoms with van der Waals surface area (Å²) in [4.78, 5) is 25.5. The molecule has 6 heteroatoms. The first-order valence-corrected chi connectivity index (χ1v) is 7.82. The van der Waals surface area contributed by atoms with Crippen LogP contribution >= 0.6 is 0 Å². The molecule has 0 aromatic heterocycles. The lowest BCUT2D eigenvalue weighted by Gasteiger charge is -2.18. The standard InChI is InChI=1S/C19H20N4O2/c1-14-4-3-5-17(10-14)22-19(25)21-12-18(24)23(2)13-16-8-6-15(11-20)7-9-16/h3-10H,12-13H2,1-2H3,(H2,21,22,25). The Bertz CT molecular complexity index is 794. The number of carbonyl (C=O) groups is 2. The van der Waals surface area contributed by atoms with Crippen molar-refractivity contribution in [3.8, 4) is 6.07 Å². The summed E-state index contributed by atoms with van der Waals surface area (Å²) >= 11 is 0. The van der Waals surface area contributed by atoms with Crippen LogP contribution in [0.2, 0.25) is 0 Å². The number of hydrogen-bond donors (Lipinski definition) is 2. The quantitative estimate of drug-likeness (QED) is 0.880. The third kappa shape index (κ3) is 5.66. The first-order chi connectivity index (χ1) is 12.0. The minimum absolute atomic E-state index is 0.0928. The molecule has 6 nitrogen and oxygen atoms in total. The molecule has 0 spiro atoms. The van der Waals surface area contributed by atoms with Gasteiger partial charge in [-0.1, -0.05) is 24.3 Å². The Morgan fingerprint density at radius 2 is 1.88 bits per heavy atom. The summed E-state index contributed by atoms with van der Waals surface area (Å²) in [5.74, 6) is -0.205. The molecule has 0 bridgehead atoms. The second-order valence-electron chi connectivity index (χ2n) is 5.74. The zero-order valence-corrected chi connectivity index (χ0v) is 14.2. The monoisotopic (exact) mass is 336 g/mol. The molecule has 25 heavy (non-hydrogen) atoms. The Morgan fingerprint density at radius 1 is 1.16 bits per heavy atom. The van der Waals surface area contributed by atoms with Gasteiger partial charge in [0.1, 0.15) is 0 Å². The Balaban J connectivity index is 1.80. The molecule has 0 radical (unpaired) electrons. The fourth-order valence-electron chi connectivity index (χ4n) is 2.24. The van der Waals surface area contributed by atoms with Gasteiger partial charge in [-0.3, -0.25) is 4.79 Å². The van der Waals surface area contributed by atoms with Crippen LogP contribution in [0.4, 0.5) is 10.5 Å². The summed E-state index contributed by atoms with van der Waals surface area (Å²) < 4.78 is 0. The van der Waals surface area contributed by atoms with Crippen molar-refractivity contribution in [1.82, 2.24) is 10.2 Å². The Morgan fingerprint density at radius 3 is 2.52 bits per heavy atom. The molecule has 128 valence electrons. The Labute approximate surface area is 147 Å². The first kappa shape index (κ1) is 18.0. The normalized spacial score (nSPS) is 9.80. The van der Waals surface area contributed by atoms with Crippen molar-refractivity contribution in [3.63, 3.8) is 0 Å². The zero-order chi connectivity index (χ0) is 18.2. The van der Waals surface area contributed by atoms with Gasteiger partial charge in [-0.2, -0.15) is 5.26 Å². The van der Waals surface area contributed by atoms with Gasteiger partial charge in [0.2, 0.25) is 5.91 Å². The van der Waals surface area contributed by atoms with Crippen molar-refractivity contribution in [1.29, 1.82) is 5.26 Å². The van der Waals surface area contributed by atoms with Gasteiger partial charge in [-0.25, -0.2) is 4.79 Å². The van der Waals surface area contributed by atoms with E-state index in [4.69, 9.17) is 5.26 Å². The summed E-state index contributed by atoms with van der Waals surface area (Å²) in [6, 6.07) is 16.1. The number of likely N-dealkylation sites (N-methyl/N-ethyl adjacent to an activating group) is 1. The van der Waals surface area contributed by atoms with Gasteiger partial charge in [-0.05, 0) is 42.3 Å². The molecule has 0 atom stereocenters. The van der Waals surface area contributed by atoms with Crippen LogP contribution in [-0.2, 0) is 11.3 Å². The highest BCUT2D eigenvalue weighted by Crippen LogP contribution is 2.09. The van der Waals surface area contributed by atoms with Crippen molar-refractivity contribution in [2.75, 3.05) is 18.9 Å². The molecule has 3 amide bonds. The maximum Gasteiger partial charge on any atom is 0.319 e. The van der Waals surface area contributed by atoms with Crippen LogP contribution in [0.1, 0.15) is 16.7 Å². The van der Waals surface area contributed by atoms with Gasteiger partial charge in [0.05, 0.1) is 18.2 Å². The fraction of sp³-hybridized carbons (Fsp3) is 0.211. The molecule has 0 aliphatic carbocycles. The lowest BCUT2D eigenvalue weighted by Crippen LogP contribution is -2.39. The predicted octanol–water partition coefficient (Wildman–Crippen LogP) is 2.65. The molecule has 0 aliphatic heterocycles. The lowest BCUT2D eigenvalue weighted by atomic mass is 10.1. The average Bonchev–Trinajstić information content (AvgIpc) is 2.60. The highest BCUT2D eigenvalue weighted by Gasteiger charge is 2.11. The molecule has 0 unspecified atom stereocenters. The molecule has 0 aliphatic rings. The van der Waals surface area contributed by atoms with E-state index in [1.807, 2.05) is 25.1 Å². The molecule has 2 rings (SSSR count). The lowest BCUT2D eigenvalue weighted by molar-refractivity contribution is -0.129. The van der Waals surface area contributed by atoms with E-state index in [0.29, 0.717) is 17.8 Å². The molecule has 2 aromatic carbocycles. The smallest absolute Gasteiger partial charge is 0.319 e. The zero-order valence-electron chi connectivity index (χ0n) is 14.2. The Hall–Kier alpha value is -3.33. The number of carbonyl (C=O) groups excluding carboxylic acids is 2. The second kappa shape index (κ2) is 8.50. The van der Waals surface area contributed by atoms with E-state index >= 15 is 0 Å². The van der Waals surface area contributed by atoms with Crippen LogP contribution in [0.5, 0.6) is 0 Å². The van der Waals surface area contributed by atoms with Crippen LogP contribution in [0.3, 0.4) is 0 Å². The van der Waals surface area contributed by atoms with Crippen LogP contribution in [-0.4, -0.2) is 30.4 Å². The number of anilines is 1. The summed E-state index contributed by atoms with van der Waals surface area (Å²) in [7, 11) is 1.67. The molecule has 2 aromatic rings. The number of nitriles is 1. The van der Waals surface area contributed by atoms with Gasteiger partial charge in [0.25, 0.3) is 0 Å². The maximum atomic E-state index is 12.1. The molecule has 0 heterocycles. The van der Waals surface area contributed by atoms with E-state index < -0.39 is 6.03 Å². The summed E-state index contributed by atoms with van der Waals surface area (Å²) in [6.45, 7) is 2.25. The number of hydrogen-bond acceptors (Lipinski definition) is 3. The highest BCUT2D eigenvalue weighted by molar-refractivity contribution is 5.92. The second-order valence-corrected chi connectivity index (χ2v) is 5.74. The van der Waals surface area contributed by atoms with Gasteiger partial charge < -0.3 is 15.5 Å². The topological polar surface area (TPSA) is 85.2 Å². The average molecular weight is 336 g/mol.